The van der Waals surface area contributed by atoms with Crippen LogP contribution in [0.5, 0.6) is 0 Å². The molecular formula is C15H9ClF6N2O. The molecule has 2 aromatic carbocycles. The Balaban J connectivity index is 2.51. The van der Waals surface area contributed by atoms with Crippen molar-refractivity contribution in [3.05, 3.63) is 59.1 Å². The highest BCUT2D eigenvalue weighted by atomic mass is 35.5. The van der Waals surface area contributed by atoms with E-state index in [1.165, 1.54) is 24.3 Å². The zero-order valence-corrected chi connectivity index (χ0v) is 12.9. The average Bonchev–Trinajstić information content (AvgIpc) is 2.47. The quantitative estimate of drug-likeness (QED) is 0.522. The van der Waals surface area contributed by atoms with Gasteiger partial charge in [0.1, 0.15) is 0 Å². The van der Waals surface area contributed by atoms with E-state index in [1.54, 1.807) is 0 Å². The summed E-state index contributed by atoms with van der Waals surface area (Å²) in [7, 11) is 0. The summed E-state index contributed by atoms with van der Waals surface area (Å²) in [5.74, 6) is 0. The van der Waals surface area contributed by atoms with E-state index < -0.39 is 24.1 Å². The van der Waals surface area contributed by atoms with Crippen molar-refractivity contribution in [3.63, 3.8) is 0 Å². The molecule has 3 nitrogen and oxygen atoms in total. The van der Waals surface area contributed by atoms with Crippen molar-refractivity contribution in [1.29, 1.82) is 0 Å². The Morgan fingerprint density at radius 2 is 1.52 bits per heavy atom. The van der Waals surface area contributed by atoms with Gasteiger partial charge in [-0.2, -0.15) is 26.3 Å². The number of nitrogens with one attached hydrogen (secondary N) is 1. The van der Waals surface area contributed by atoms with Gasteiger partial charge in [0.2, 0.25) is 0 Å². The third kappa shape index (κ3) is 5.02. The van der Waals surface area contributed by atoms with E-state index in [1.807, 2.05) is 0 Å². The van der Waals surface area contributed by atoms with E-state index >= 15 is 0 Å². The molecule has 0 aliphatic heterocycles. The number of halogens is 7. The molecule has 1 N–H and O–H groups in total. The lowest BCUT2D eigenvalue weighted by molar-refractivity contribution is -0.145. The lowest BCUT2D eigenvalue weighted by Gasteiger charge is -2.25. The van der Waals surface area contributed by atoms with E-state index in [9.17, 15) is 31.1 Å². The molecule has 0 unspecified atom stereocenters. The van der Waals surface area contributed by atoms with Gasteiger partial charge in [0.25, 0.3) is 0 Å². The fourth-order valence-electron chi connectivity index (χ4n) is 1.97. The molecule has 0 aromatic heterocycles. The van der Waals surface area contributed by atoms with E-state index in [0.717, 1.165) is 23.5 Å². The van der Waals surface area contributed by atoms with Gasteiger partial charge in [-0.15, -0.1) is 0 Å². The molecule has 0 fully saturated rings. The van der Waals surface area contributed by atoms with Crippen molar-refractivity contribution in [1.82, 2.24) is 5.32 Å². The summed E-state index contributed by atoms with van der Waals surface area (Å²) >= 11 is 5.69. The van der Waals surface area contributed by atoms with Crippen molar-refractivity contribution in [3.8, 4) is 0 Å². The maximum Gasteiger partial charge on any atom is 0.485 e. The molecule has 0 saturated carbocycles. The number of benzene rings is 2. The number of rotatable bonds is 2. The molecule has 0 aliphatic carbocycles. The number of carbonyl (C=O) groups excluding carboxylic acids is 1. The first-order valence-electron chi connectivity index (χ1n) is 6.59. The summed E-state index contributed by atoms with van der Waals surface area (Å²) in [6.07, 6.45) is -9.77. The highest BCUT2D eigenvalue weighted by Crippen LogP contribution is 2.34. The van der Waals surface area contributed by atoms with Gasteiger partial charge in [0.05, 0.1) is 16.9 Å². The van der Waals surface area contributed by atoms with Gasteiger partial charge in [-0.3, -0.25) is 4.90 Å². The van der Waals surface area contributed by atoms with Crippen LogP contribution < -0.4 is 10.2 Å². The molecule has 25 heavy (non-hydrogen) atoms. The summed E-state index contributed by atoms with van der Waals surface area (Å²) in [4.78, 5) is 12.5. The SMILES string of the molecule is O=C(NC(F)(F)F)N(c1ccc(Cl)cc1)c1cccc(C(F)(F)F)c1. The largest absolute Gasteiger partial charge is 0.485 e. The van der Waals surface area contributed by atoms with Crippen molar-refractivity contribution < 1.29 is 31.1 Å². The molecule has 10 heteroatoms. The first kappa shape index (κ1) is 18.9. The van der Waals surface area contributed by atoms with Crippen LogP contribution in [0.15, 0.2) is 48.5 Å². The number of hydrogen-bond donors (Lipinski definition) is 1. The van der Waals surface area contributed by atoms with Crippen LogP contribution in [0.3, 0.4) is 0 Å². The van der Waals surface area contributed by atoms with Gasteiger partial charge in [0, 0.05) is 5.02 Å². The molecule has 134 valence electrons. The maximum atomic E-state index is 12.8. The van der Waals surface area contributed by atoms with Gasteiger partial charge in [-0.05, 0) is 42.5 Å². The van der Waals surface area contributed by atoms with Crippen LogP contribution in [0.25, 0.3) is 0 Å². The molecule has 0 radical (unpaired) electrons. The van der Waals surface area contributed by atoms with Gasteiger partial charge in [-0.25, -0.2) is 10.1 Å². The average molecular weight is 383 g/mol. The molecule has 0 heterocycles. The third-order valence-corrected chi connectivity index (χ3v) is 3.22. The predicted molar refractivity (Wildman–Crippen MR) is 79.6 cm³/mol. The zero-order valence-electron chi connectivity index (χ0n) is 12.1. The van der Waals surface area contributed by atoms with Crippen LogP contribution in [0.2, 0.25) is 5.02 Å². The lowest BCUT2D eigenvalue weighted by atomic mass is 10.1. The minimum absolute atomic E-state index is 0.0922. The molecular weight excluding hydrogens is 374 g/mol. The summed E-state index contributed by atoms with van der Waals surface area (Å²) < 4.78 is 75.9. The fraction of sp³-hybridized carbons (Fsp3) is 0.133. The van der Waals surface area contributed by atoms with Crippen molar-refractivity contribution in [2.75, 3.05) is 4.90 Å². The Labute approximate surface area is 142 Å². The van der Waals surface area contributed by atoms with Crippen LogP contribution in [-0.2, 0) is 6.18 Å². The third-order valence-electron chi connectivity index (χ3n) is 2.97. The number of amides is 2. The topological polar surface area (TPSA) is 32.3 Å². The van der Waals surface area contributed by atoms with Crippen LogP contribution in [0.4, 0.5) is 42.5 Å². The molecule has 2 aromatic rings. The van der Waals surface area contributed by atoms with Gasteiger partial charge < -0.3 is 0 Å². The van der Waals surface area contributed by atoms with E-state index in [-0.39, 0.29) is 16.4 Å². The van der Waals surface area contributed by atoms with Gasteiger partial charge in [0.15, 0.2) is 0 Å². The monoisotopic (exact) mass is 382 g/mol. The van der Waals surface area contributed by atoms with E-state index in [0.29, 0.717) is 11.0 Å². The summed E-state index contributed by atoms with van der Waals surface area (Å²) in [5.41, 5.74) is -1.59. The van der Waals surface area contributed by atoms with Crippen LogP contribution in [0.1, 0.15) is 5.56 Å². The summed E-state index contributed by atoms with van der Waals surface area (Å²) in [5, 5.41) is 1.00. The smallest absolute Gasteiger partial charge is 0.263 e. The van der Waals surface area contributed by atoms with Crippen LogP contribution in [-0.4, -0.2) is 12.3 Å². The first-order chi connectivity index (χ1) is 11.5. The Morgan fingerprint density at radius 1 is 0.920 bits per heavy atom. The molecule has 0 spiro atoms. The second-order valence-corrected chi connectivity index (χ2v) is 5.22. The number of urea groups is 1. The molecule has 0 aliphatic rings. The normalized spacial score (nSPS) is 12.0. The number of alkyl halides is 6. The molecule has 2 amide bonds. The molecule has 0 atom stereocenters. The number of nitrogens with zero attached hydrogens (tertiary/aromatic N) is 1. The van der Waals surface area contributed by atoms with Crippen LogP contribution in [0, 0.1) is 0 Å². The Hall–Kier alpha value is -2.42. The molecule has 0 saturated heterocycles. The van der Waals surface area contributed by atoms with Crippen LogP contribution >= 0.6 is 11.6 Å². The molecule has 2 rings (SSSR count). The van der Waals surface area contributed by atoms with Crippen molar-refractivity contribution >= 4 is 29.0 Å². The van der Waals surface area contributed by atoms with E-state index in [4.69, 9.17) is 11.6 Å². The van der Waals surface area contributed by atoms with Gasteiger partial charge >= 0.3 is 18.5 Å². The highest BCUT2D eigenvalue weighted by Gasteiger charge is 2.35. The fourth-order valence-corrected chi connectivity index (χ4v) is 2.10. The second kappa shape index (κ2) is 6.83. The predicted octanol–water partition coefficient (Wildman–Crippen LogP) is 5.73. The van der Waals surface area contributed by atoms with Crippen molar-refractivity contribution in [2.24, 2.45) is 0 Å². The standard InChI is InChI=1S/C15H9ClF6N2O/c16-10-4-6-11(7-5-10)24(13(25)23-15(20,21)22)12-3-1-2-9(8-12)14(17,18)19/h1-8H,(H,23,25). The summed E-state index contributed by atoms with van der Waals surface area (Å²) in [6, 6.07) is 6.72. The minimum Gasteiger partial charge on any atom is -0.263 e. The Kier molecular flexibility index (Phi) is 5.17. The number of carbonyl (C=O) groups is 1. The summed E-state index contributed by atoms with van der Waals surface area (Å²) in [6.45, 7) is 0. The molecule has 0 bridgehead atoms. The number of anilines is 2. The lowest BCUT2D eigenvalue weighted by Crippen LogP contribution is -2.44. The minimum atomic E-state index is -5.05. The first-order valence-corrected chi connectivity index (χ1v) is 6.97. The maximum absolute atomic E-state index is 12.8. The second-order valence-electron chi connectivity index (χ2n) is 4.79. The van der Waals surface area contributed by atoms with Gasteiger partial charge in [-0.1, -0.05) is 17.7 Å². The van der Waals surface area contributed by atoms with E-state index in [2.05, 4.69) is 0 Å². The Bertz CT molecular complexity index is 758. The Morgan fingerprint density at radius 3 is 2.04 bits per heavy atom. The highest BCUT2D eigenvalue weighted by molar-refractivity contribution is 6.30. The zero-order chi connectivity index (χ0) is 18.8. The van der Waals surface area contributed by atoms with Crippen molar-refractivity contribution in [2.45, 2.75) is 12.5 Å². The number of hydrogen-bond acceptors (Lipinski definition) is 1.